The van der Waals surface area contributed by atoms with E-state index < -0.39 is 5.82 Å². The lowest BCUT2D eigenvalue weighted by Gasteiger charge is -2.05. The summed E-state index contributed by atoms with van der Waals surface area (Å²) in [6, 6.07) is 7.68. The highest BCUT2D eigenvalue weighted by atomic mass is 32.2. The molecule has 9 heteroatoms. The Morgan fingerprint density at radius 1 is 1.15 bits per heavy atom. The SMILES string of the molecule is O=c1[nH]ccc2c3[nH]c(SCc4cc(O)[nH]n4)nc3c3ccc(F)cc3c12. The highest BCUT2D eigenvalue weighted by Crippen LogP contribution is 2.34. The van der Waals surface area contributed by atoms with Crippen molar-refractivity contribution in [1.82, 2.24) is 25.1 Å². The Labute approximate surface area is 154 Å². The summed E-state index contributed by atoms with van der Waals surface area (Å²) in [5.74, 6) is 0.102. The molecule has 0 amide bonds. The molecule has 0 unspecified atom stereocenters. The van der Waals surface area contributed by atoms with Crippen LogP contribution in [0.2, 0.25) is 0 Å². The van der Waals surface area contributed by atoms with Crippen LogP contribution in [0.15, 0.2) is 46.5 Å². The minimum atomic E-state index is -0.408. The van der Waals surface area contributed by atoms with Crippen molar-refractivity contribution in [3.8, 4) is 5.88 Å². The fourth-order valence-corrected chi connectivity index (χ4v) is 4.02. The van der Waals surface area contributed by atoms with E-state index in [-0.39, 0.29) is 11.4 Å². The first-order valence-electron chi connectivity index (χ1n) is 8.08. The lowest BCUT2D eigenvalue weighted by molar-refractivity contribution is 0.452. The second-order valence-electron chi connectivity index (χ2n) is 6.08. The molecule has 0 atom stereocenters. The van der Waals surface area contributed by atoms with Gasteiger partial charge in [-0.2, -0.15) is 5.10 Å². The zero-order chi connectivity index (χ0) is 18.5. The van der Waals surface area contributed by atoms with Crippen molar-refractivity contribution in [1.29, 1.82) is 0 Å². The highest BCUT2D eigenvalue weighted by Gasteiger charge is 2.16. The number of nitrogens with one attached hydrogen (secondary N) is 3. The largest absolute Gasteiger partial charge is 0.494 e. The van der Waals surface area contributed by atoms with Crippen LogP contribution in [-0.4, -0.2) is 30.3 Å². The number of hydrogen-bond acceptors (Lipinski definition) is 5. The van der Waals surface area contributed by atoms with Crippen LogP contribution in [0.25, 0.3) is 32.6 Å². The fourth-order valence-electron chi connectivity index (χ4n) is 3.26. The van der Waals surface area contributed by atoms with E-state index in [0.29, 0.717) is 43.7 Å². The molecule has 0 radical (unpaired) electrons. The van der Waals surface area contributed by atoms with Gasteiger partial charge in [0.05, 0.1) is 22.1 Å². The molecule has 5 aromatic rings. The number of thioether (sulfide) groups is 1. The molecular weight excluding hydrogens is 369 g/mol. The molecule has 0 spiro atoms. The van der Waals surface area contributed by atoms with Gasteiger partial charge in [0, 0.05) is 34.2 Å². The zero-order valence-corrected chi connectivity index (χ0v) is 14.5. The third-order valence-electron chi connectivity index (χ3n) is 4.39. The van der Waals surface area contributed by atoms with Gasteiger partial charge in [0.2, 0.25) is 5.88 Å². The molecule has 0 saturated heterocycles. The van der Waals surface area contributed by atoms with Crippen molar-refractivity contribution in [3.05, 3.63) is 58.4 Å². The number of benzene rings is 2. The molecule has 0 bridgehead atoms. The van der Waals surface area contributed by atoms with Crippen LogP contribution in [0.5, 0.6) is 5.88 Å². The van der Waals surface area contributed by atoms with Crippen LogP contribution in [-0.2, 0) is 5.75 Å². The fraction of sp³-hybridized carbons (Fsp3) is 0.0556. The maximum Gasteiger partial charge on any atom is 0.256 e. The number of nitrogens with zero attached hydrogens (tertiary/aromatic N) is 2. The van der Waals surface area contributed by atoms with E-state index in [0.717, 1.165) is 5.52 Å². The predicted molar refractivity (Wildman–Crippen MR) is 101 cm³/mol. The molecule has 5 rings (SSSR count). The van der Waals surface area contributed by atoms with E-state index in [2.05, 4.69) is 25.1 Å². The molecule has 3 heterocycles. The molecular formula is C18H12FN5O2S. The molecule has 4 N–H and O–H groups in total. The van der Waals surface area contributed by atoms with Gasteiger partial charge in [-0.3, -0.25) is 4.79 Å². The molecule has 0 aliphatic rings. The van der Waals surface area contributed by atoms with E-state index in [9.17, 15) is 14.3 Å². The number of aromatic hydroxyl groups is 1. The number of fused-ring (bicyclic) bond motifs is 6. The number of aromatic nitrogens is 5. The Kier molecular flexibility index (Phi) is 3.44. The average Bonchev–Trinajstić information content (AvgIpc) is 3.26. The van der Waals surface area contributed by atoms with E-state index in [4.69, 9.17) is 0 Å². The molecule has 0 aliphatic carbocycles. The third-order valence-corrected chi connectivity index (χ3v) is 5.30. The van der Waals surface area contributed by atoms with Crippen LogP contribution >= 0.6 is 11.8 Å². The highest BCUT2D eigenvalue weighted by molar-refractivity contribution is 7.98. The Morgan fingerprint density at radius 2 is 2.04 bits per heavy atom. The van der Waals surface area contributed by atoms with Crippen LogP contribution in [0, 0.1) is 5.82 Å². The van der Waals surface area contributed by atoms with Gasteiger partial charge in [0.1, 0.15) is 5.82 Å². The van der Waals surface area contributed by atoms with Crippen molar-refractivity contribution >= 4 is 44.3 Å². The number of halogens is 1. The van der Waals surface area contributed by atoms with Gasteiger partial charge in [-0.05, 0) is 24.3 Å². The number of pyridine rings is 1. The summed E-state index contributed by atoms with van der Waals surface area (Å²) in [5.41, 5.74) is 1.81. The summed E-state index contributed by atoms with van der Waals surface area (Å²) in [7, 11) is 0. The number of rotatable bonds is 3. The summed E-state index contributed by atoms with van der Waals surface area (Å²) >= 11 is 1.42. The van der Waals surface area contributed by atoms with Crippen molar-refractivity contribution in [2.75, 3.05) is 0 Å². The van der Waals surface area contributed by atoms with Gasteiger partial charge in [-0.1, -0.05) is 11.8 Å². The minimum absolute atomic E-state index is 0.00782. The number of hydrogen-bond donors (Lipinski definition) is 4. The third kappa shape index (κ3) is 2.55. The van der Waals surface area contributed by atoms with Gasteiger partial charge >= 0.3 is 0 Å². The van der Waals surface area contributed by atoms with Gasteiger partial charge in [-0.15, -0.1) is 0 Å². The second-order valence-corrected chi connectivity index (χ2v) is 7.05. The summed E-state index contributed by atoms with van der Waals surface area (Å²) in [5, 5.41) is 18.8. The van der Waals surface area contributed by atoms with Crippen LogP contribution in [0.3, 0.4) is 0 Å². The van der Waals surface area contributed by atoms with Crippen LogP contribution in [0.4, 0.5) is 4.39 Å². The number of imidazole rings is 1. The molecule has 3 aromatic heterocycles. The van der Waals surface area contributed by atoms with Crippen LogP contribution < -0.4 is 5.56 Å². The van der Waals surface area contributed by atoms with Crippen molar-refractivity contribution in [3.63, 3.8) is 0 Å². The zero-order valence-electron chi connectivity index (χ0n) is 13.7. The maximum atomic E-state index is 13.8. The first kappa shape index (κ1) is 15.9. The molecule has 134 valence electrons. The minimum Gasteiger partial charge on any atom is -0.494 e. The van der Waals surface area contributed by atoms with Gasteiger partial charge in [0.25, 0.3) is 5.56 Å². The molecule has 0 aliphatic heterocycles. The maximum absolute atomic E-state index is 13.8. The lowest BCUT2D eigenvalue weighted by atomic mass is 10.0. The normalized spacial score (nSPS) is 11.7. The van der Waals surface area contributed by atoms with E-state index in [1.165, 1.54) is 23.9 Å². The first-order valence-corrected chi connectivity index (χ1v) is 9.07. The summed E-state index contributed by atoms with van der Waals surface area (Å²) in [4.78, 5) is 23.0. The predicted octanol–water partition coefficient (Wildman–Crippen LogP) is 3.42. The molecule has 2 aromatic carbocycles. The molecule has 27 heavy (non-hydrogen) atoms. The summed E-state index contributed by atoms with van der Waals surface area (Å²) in [6.45, 7) is 0. The molecule has 0 fully saturated rings. The lowest BCUT2D eigenvalue weighted by Crippen LogP contribution is -2.05. The topological polar surface area (TPSA) is 110 Å². The van der Waals surface area contributed by atoms with E-state index in [1.54, 1.807) is 24.4 Å². The molecule has 0 saturated carbocycles. The Morgan fingerprint density at radius 3 is 2.85 bits per heavy atom. The van der Waals surface area contributed by atoms with Crippen molar-refractivity contribution < 1.29 is 9.50 Å². The number of aromatic amines is 3. The smallest absolute Gasteiger partial charge is 0.256 e. The summed E-state index contributed by atoms with van der Waals surface area (Å²) < 4.78 is 13.8. The van der Waals surface area contributed by atoms with Crippen LogP contribution in [0.1, 0.15) is 5.69 Å². The van der Waals surface area contributed by atoms with Gasteiger partial charge in [-0.25, -0.2) is 14.5 Å². The molecule has 7 nitrogen and oxygen atoms in total. The first-order chi connectivity index (χ1) is 13.1. The van der Waals surface area contributed by atoms with E-state index >= 15 is 0 Å². The second kappa shape index (κ2) is 5.85. The van der Waals surface area contributed by atoms with Gasteiger partial charge in [0.15, 0.2) is 5.16 Å². The summed E-state index contributed by atoms with van der Waals surface area (Å²) in [6.07, 6.45) is 1.56. The monoisotopic (exact) mass is 381 g/mol. The Balaban J connectivity index is 1.73. The Bertz CT molecular complexity index is 1390. The van der Waals surface area contributed by atoms with Crippen molar-refractivity contribution in [2.45, 2.75) is 10.9 Å². The van der Waals surface area contributed by atoms with Crippen molar-refractivity contribution in [2.24, 2.45) is 0 Å². The van der Waals surface area contributed by atoms with E-state index in [1.807, 2.05) is 0 Å². The number of H-pyrrole nitrogens is 3. The average molecular weight is 381 g/mol. The standard InChI is InChI=1S/C18H12FN5O2S/c19-8-1-2-10-12(5-8)14-11(3-4-20-17(14)26)16-15(10)21-18(22-16)27-7-9-6-13(25)24-23-9/h1-6H,7H2,(H,20,26)(H,21,22)(H2,23,24,25). The van der Waals surface area contributed by atoms with Gasteiger partial charge < -0.3 is 15.1 Å². The quantitative estimate of drug-likeness (QED) is 0.283. The Hall–Kier alpha value is -3.33.